The second-order valence-corrected chi connectivity index (χ2v) is 15.4. The Morgan fingerprint density at radius 1 is 0.809 bits per heavy atom. The van der Waals surface area contributed by atoms with Gasteiger partial charge in [-0.15, -0.1) is 0 Å². The Morgan fingerprint density at radius 2 is 1.51 bits per heavy atom. The molecule has 6 nitrogen and oxygen atoms in total. The number of anilines is 3. The third-order valence-corrected chi connectivity index (χ3v) is 9.21. The minimum atomic E-state index is -1.09. The first kappa shape index (κ1) is 32.0. The fourth-order valence-electron chi connectivity index (χ4n) is 5.25. The number of aromatic nitrogens is 2. The van der Waals surface area contributed by atoms with E-state index in [0.717, 1.165) is 16.6 Å². The highest BCUT2D eigenvalue weighted by molar-refractivity contribution is 6.37. The number of para-hydroxylation sites is 1. The Balaban J connectivity index is 1.55. The van der Waals surface area contributed by atoms with Crippen molar-refractivity contribution >= 4 is 49.3 Å². The number of rotatable bonds is 10. The van der Waals surface area contributed by atoms with Crippen molar-refractivity contribution in [1.82, 2.24) is 9.97 Å². The number of halogens is 2. The molecule has 0 aliphatic carbocycles. The van der Waals surface area contributed by atoms with Gasteiger partial charge in [-0.1, -0.05) is 80.9 Å². The molecule has 0 spiro atoms. The van der Waals surface area contributed by atoms with Gasteiger partial charge in [-0.25, -0.2) is 4.39 Å². The van der Waals surface area contributed by atoms with Crippen LogP contribution in [0.3, 0.4) is 0 Å². The number of nitrogens with zero attached hydrogens (tertiary/aromatic N) is 3. The summed E-state index contributed by atoms with van der Waals surface area (Å²) in [4.78, 5) is 10.6. The van der Waals surface area contributed by atoms with E-state index in [0.29, 0.717) is 46.3 Å². The highest BCUT2D eigenvalue weighted by atomic mass is 35.5. The smallest absolute Gasteiger partial charge is 0.224 e. The molecular formula is C38H35ClFN3O3Si. The number of benzene rings is 4. The van der Waals surface area contributed by atoms with Crippen LogP contribution >= 0.6 is 11.6 Å². The summed E-state index contributed by atoms with van der Waals surface area (Å²) in [5.41, 5.74) is 4.30. The Morgan fingerprint density at radius 3 is 2.19 bits per heavy atom. The number of hydrogen-bond acceptors (Lipinski definition) is 6. The maximum Gasteiger partial charge on any atom is 0.224 e. The summed E-state index contributed by atoms with van der Waals surface area (Å²) < 4.78 is 35.5. The van der Waals surface area contributed by atoms with Gasteiger partial charge in [0.05, 0.1) is 29.0 Å². The van der Waals surface area contributed by atoms with Crippen LogP contribution in [0.25, 0.3) is 22.0 Å². The molecule has 6 aromatic rings. The molecule has 0 aliphatic rings. The highest BCUT2D eigenvalue weighted by Gasteiger charge is 2.27. The van der Waals surface area contributed by atoms with Crippen LogP contribution in [0.15, 0.2) is 116 Å². The molecule has 0 fully saturated rings. The van der Waals surface area contributed by atoms with Crippen molar-refractivity contribution in [3.05, 3.63) is 132 Å². The van der Waals surface area contributed by atoms with Crippen LogP contribution in [0.4, 0.5) is 21.5 Å². The minimum Gasteiger partial charge on any atom is -0.548 e. The zero-order valence-corrected chi connectivity index (χ0v) is 28.9. The zero-order valence-electron chi connectivity index (χ0n) is 26.7. The molecule has 0 N–H and O–H groups in total. The van der Waals surface area contributed by atoms with E-state index in [1.165, 1.54) is 0 Å². The van der Waals surface area contributed by atoms with Gasteiger partial charge in [-0.2, -0.15) is 0 Å². The standard InChI is InChI=1S/C38H35ClFN3O3Si/c1-38(2,3)47-46-34-23-31(37(40)35(36(34)39)26-11-7-5-8-12-26)43(27-13-9-6-10-14-27)30-17-20-42-29-22-33(32(44-4)21-28(29)30)45-24-25-15-18-41-19-16-25/h5-23H,24,47H2,1-4H3. The van der Waals surface area contributed by atoms with Crippen molar-refractivity contribution in [1.29, 1.82) is 0 Å². The normalized spacial score (nSPS) is 11.6. The maximum atomic E-state index is 17.1. The largest absolute Gasteiger partial charge is 0.548 e. The first-order chi connectivity index (χ1) is 22.7. The summed E-state index contributed by atoms with van der Waals surface area (Å²) >= 11 is 6.97. The van der Waals surface area contributed by atoms with E-state index in [-0.39, 0.29) is 15.6 Å². The average Bonchev–Trinajstić information content (AvgIpc) is 3.08. The molecular weight excluding hydrogens is 629 g/mol. The van der Waals surface area contributed by atoms with E-state index in [2.05, 4.69) is 30.7 Å². The molecule has 0 unspecified atom stereocenters. The molecule has 0 amide bonds. The Labute approximate surface area is 281 Å². The predicted molar refractivity (Wildman–Crippen MR) is 191 cm³/mol. The SMILES string of the molecule is COc1cc2c(N(c3ccccc3)c3cc(O[SiH2]C(C)(C)C)c(Cl)c(-c4ccccc4)c3F)ccnc2cc1OCc1ccncc1. The quantitative estimate of drug-likeness (QED) is 0.136. The van der Waals surface area contributed by atoms with Gasteiger partial charge in [-0.05, 0) is 52.6 Å². The summed E-state index contributed by atoms with van der Waals surface area (Å²) in [5, 5.41) is 0.977. The Hall–Kier alpha value is -4.92. The Kier molecular flexibility index (Phi) is 9.42. The molecule has 0 atom stereocenters. The fraction of sp³-hybridized carbons (Fsp3) is 0.158. The molecule has 6 rings (SSSR count). The van der Waals surface area contributed by atoms with Gasteiger partial charge >= 0.3 is 0 Å². The van der Waals surface area contributed by atoms with Crippen LogP contribution < -0.4 is 18.8 Å². The summed E-state index contributed by atoms with van der Waals surface area (Å²) in [5.74, 6) is 1.05. The number of hydrogen-bond donors (Lipinski definition) is 0. The Bertz CT molecular complexity index is 1990. The minimum absolute atomic E-state index is 0.0149. The van der Waals surface area contributed by atoms with Crippen LogP contribution in [0.2, 0.25) is 10.1 Å². The molecule has 47 heavy (non-hydrogen) atoms. The lowest BCUT2D eigenvalue weighted by Gasteiger charge is -2.29. The molecule has 4 aromatic carbocycles. The molecule has 0 bridgehead atoms. The zero-order chi connectivity index (χ0) is 33.0. The maximum absolute atomic E-state index is 17.1. The van der Waals surface area contributed by atoms with Gasteiger partial charge < -0.3 is 18.8 Å². The molecule has 0 saturated heterocycles. The van der Waals surface area contributed by atoms with E-state index in [1.54, 1.807) is 31.8 Å². The topological polar surface area (TPSA) is 56.7 Å². The molecule has 0 radical (unpaired) electrons. The molecule has 2 aromatic heterocycles. The lowest BCUT2D eigenvalue weighted by atomic mass is 10.0. The number of fused-ring (bicyclic) bond motifs is 1. The first-order valence-electron chi connectivity index (χ1n) is 15.3. The predicted octanol–water partition coefficient (Wildman–Crippen LogP) is 9.83. The summed E-state index contributed by atoms with van der Waals surface area (Å²) in [6.07, 6.45) is 5.16. The number of pyridine rings is 2. The van der Waals surface area contributed by atoms with Crippen molar-refractivity contribution in [3.63, 3.8) is 0 Å². The van der Waals surface area contributed by atoms with Crippen molar-refractivity contribution in [2.24, 2.45) is 0 Å². The van der Waals surface area contributed by atoms with Gasteiger partial charge in [0.15, 0.2) is 17.3 Å². The van der Waals surface area contributed by atoms with E-state index in [9.17, 15) is 0 Å². The number of ether oxygens (including phenoxy) is 2. The first-order valence-corrected chi connectivity index (χ1v) is 16.9. The van der Waals surface area contributed by atoms with E-state index < -0.39 is 15.6 Å². The van der Waals surface area contributed by atoms with Crippen LogP contribution in [-0.4, -0.2) is 26.8 Å². The van der Waals surface area contributed by atoms with Crippen LogP contribution in [0.5, 0.6) is 17.2 Å². The van der Waals surface area contributed by atoms with E-state index >= 15 is 4.39 Å². The van der Waals surface area contributed by atoms with Gasteiger partial charge in [-0.3, -0.25) is 9.97 Å². The second kappa shape index (κ2) is 13.8. The van der Waals surface area contributed by atoms with Crippen LogP contribution in [-0.2, 0) is 6.61 Å². The average molecular weight is 664 g/mol. The van der Waals surface area contributed by atoms with Crippen molar-refractivity contribution in [3.8, 4) is 28.4 Å². The summed E-state index contributed by atoms with van der Waals surface area (Å²) in [7, 11) is 0.511. The highest BCUT2D eigenvalue weighted by Crippen LogP contribution is 2.48. The third kappa shape index (κ3) is 7.09. The second-order valence-electron chi connectivity index (χ2n) is 12.3. The van der Waals surface area contributed by atoms with Crippen molar-refractivity contribution < 1.29 is 18.3 Å². The fourth-order valence-corrected chi connectivity index (χ4v) is 6.46. The van der Waals surface area contributed by atoms with Crippen LogP contribution in [0.1, 0.15) is 26.3 Å². The molecule has 238 valence electrons. The lowest BCUT2D eigenvalue weighted by molar-refractivity contribution is 0.285. The van der Waals surface area contributed by atoms with Gasteiger partial charge in [0.2, 0.25) is 9.76 Å². The molecule has 2 heterocycles. The van der Waals surface area contributed by atoms with Gasteiger partial charge in [0, 0.05) is 47.4 Å². The van der Waals surface area contributed by atoms with Crippen molar-refractivity contribution in [2.75, 3.05) is 12.0 Å². The van der Waals surface area contributed by atoms with Gasteiger partial charge in [0.25, 0.3) is 0 Å². The summed E-state index contributed by atoms with van der Waals surface area (Å²) in [6.45, 7) is 6.74. The molecule has 0 aliphatic heterocycles. The molecule has 9 heteroatoms. The van der Waals surface area contributed by atoms with Crippen LogP contribution in [0, 0.1) is 5.82 Å². The monoisotopic (exact) mass is 663 g/mol. The van der Waals surface area contributed by atoms with Crippen molar-refractivity contribution in [2.45, 2.75) is 32.4 Å². The number of methoxy groups -OCH3 is 1. The molecule has 0 saturated carbocycles. The third-order valence-electron chi connectivity index (χ3n) is 7.51. The lowest BCUT2D eigenvalue weighted by Crippen LogP contribution is -2.17. The van der Waals surface area contributed by atoms with Gasteiger partial charge in [0.1, 0.15) is 12.4 Å². The van der Waals surface area contributed by atoms with E-state index in [1.807, 2.05) is 95.9 Å². The summed E-state index contributed by atoms with van der Waals surface area (Å²) in [6, 6.07) is 30.1. The van der Waals surface area contributed by atoms with E-state index in [4.69, 9.17) is 25.5 Å².